The molecule has 1 rings (SSSR count). The summed E-state index contributed by atoms with van der Waals surface area (Å²) in [7, 11) is 1.10. The fraction of sp³-hybridized carbons (Fsp3) is 0.385. The number of esters is 1. The monoisotopic (exact) mass is 329 g/mol. The predicted octanol–water partition coefficient (Wildman–Crippen LogP) is 1.06. The van der Waals surface area contributed by atoms with Crippen LogP contribution in [0, 0.1) is 10.1 Å². The van der Waals surface area contributed by atoms with E-state index in [0.29, 0.717) is 0 Å². The van der Waals surface area contributed by atoms with Gasteiger partial charge in [-0.2, -0.15) is 0 Å². The average molecular weight is 329 g/mol. The standard InChI is InChI=1S/C13H15NO7S/c1-7(15)22-6-11(16)12(17)9-4-3-8(14(19)20)5-10(9)13(18)21-2/h3-5,11-12,16-17H,6H2,1-2H3. The first-order valence-corrected chi connectivity index (χ1v) is 7.12. The van der Waals surface area contributed by atoms with E-state index in [1.54, 1.807) is 0 Å². The molecule has 9 heteroatoms. The third kappa shape index (κ3) is 4.52. The normalized spacial score (nSPS) is 13.3. The molecule has 1 aromatic rings. The van der Waals surface area contributed by atoms with Crippen molar-refractivity contribution in [2.75, 3.05) is 12.9 Å². The zero-order valence-electron chi connectivity index (χ0n) is 11.9. The Morgan fingerprint density at radius 1 is 1.41 bits per heavy atom. The van der Waals surface area contributed by atoms with Gasteiger partial charge < -0.3 is 14.9 Å². The second-order valence-corrected chi connectivity index (χ2v) is 5.53. The highest BCUT2D eigenvalue weighted by atomic mass is 32.2. The molecule has 0 saturated carbocycles. The van der Waals surface area contributed by atoms with Gasteiger partial charge in [0.05, 0.1) is 23.7 Å². The van der Waals surface area contributed by atoms with Crippen molar-refractivity contribution in [2.24, 2.45) is 0 Å². The summed E-state index contributed by atoms with van der Waals surface area (Å²) in [6, 6.07) is 3.25. The second-order valence-electron chi connectivity index (χ2n) is 4.34. The molecule has 0 aromatic heterocycles. The molecule has 0 amide bonds. The van der Waals surface area contributed by atoms with Crippen molar-refractivity contribution < 1.29 is 29.5 Å². The molecule has 0 saturated heterocycles. The Hall–Kier alpha value is -1.97. The lowest BCUT2D eigenvalue weighted by molar-refractivity contribution is -0.384. The molecule has 120 valence electrons. The number of hydrogen-bond donors (Lipinski definition) is 2. The molecule has 8 nitrogen and oxygen atoms in total. The number of ether oxygens (including phenoxy) is 1. The number of thioether (sulfide) groups is 1. The highest BCUT2D eigenvalue weighted by Crippen LogP contribution is 2.27. The molecule has 22 heavy (non-hydrogen) atoms. The molecule has 2 unspecified atom stereocenters. The van der Waals surface area contributed by atoms with Gasteiger partial charge in [-0.3, -0.25) is 14.9 Å². The minimum Gasteiger partial charge on any atom is -0.465 e. The van der Waals surface area contributed by atoms with Gasteiger partial charge in [0, 0.05) is 24.8 Å². The molecule has 0 spiro atoms. The van der Waals surface area contributed by atoms with Crippen molar-refractivity contribution in [2.45, 2.75) is 19.1 Å². The number of nitrogens with zero attached hydrogens (tertiary/aromatic N) is 1. The molecule has 0 aliphatic heterocycles. The van der Waals surface area contributed by atoms with Gasteiger partial charge in [-0.15, -0.1) is 0 Å². The van der Waals surface area contributed by atoms with Crippen molar-refractivity contribution in [3.05, 3.63) is 39.4 Å². The van der Waals surface area contributed by atoms with Crippen LogP contribution >= 0.6 is 11.8 Å². The van der Waals surface area contributed by atoms with Gasteiger partial charge in [0.2, 0.25) is 0 Å². The molecule has 2 N–H and O–H groups in total. The minimum absolute atomic E-state index is 0.00546. The first kappa shape index (κ1) is 18.1. The SMILES string of the molecule is COC(=O)c1cc([N+](=O)[O-])ccc1C(O)C(O)CSC(C)=O. The molecular weight excluding hydrogens is 314 g/mol. The van der Waals surface area contributed by atoms with Crippen LogP contribution in [0.3, 0.4) is 0 Å². The van der Waals surface area contributed by atoms with E-state index in [2.05, 4.69) is 4.74 Å². The third-order valence-corrected chi connectivity index (χ3v) is 3.71. The molecule has 0 aliphatic rings. The van der Waals surface area contributed by atoms with Crippen LogP contribution in [0.2, 0.25) is 0 Å². The number of methoxy groups -OCH3 is 1. The molecule has 0 fully saturated rings. The molecular formula is C13H15NO7S. The van der Waals surface area contributed by atoms with Crippen LogP contribution in [0.5, 0.6) is 0 Å². The van der Waals surface area contributed by atoms with E-state index in [1.807, 2.05) is 0 Å². The van der Waals surface area contributed by atoms with Crippen LogP contribution in [0.15, 0.2) is 18.2 Å². The lowest BCUT2D eigenvalue weighted by atomic mass is 9.98. The first-order valence-electron chi connectivity index (χ1n) is 6.14. The maximum Gasteiger partial charge on any atom is 0.338 e. The Morgan fingerprint density at radius 3 is 2.55 bits per heavy atom. The van der Waals surface area contributed by atoms with Gasteiger partial charge in [0.25, 0.3) is 5.69 Å². The number of carbonyl (C=O) groups excluding carboxylic acids is 2. The predicted molar refractivity (Wildman–Crippen MR) is 78.5 cm³/mol. The van der Waals surface area contributed by atoms with Crippen LogP contribution in [-0.2, 0) is 9.53 Å². The quantitative estimate of drug-likeness (QED) is 0.450. The molecule has 0 aliphatic carbocycles. The molecule has 2 atom stereocenters. The Balaban J connectivity index is 3.13. The highest BCUT2D eigenvalue weighted by Gasteiger charge is 2.26. The zero-order chi connectivity index (χ0) is 16.9. The summed E-state index contributed by atoms with van der Waals surface area (Å²) < 4.78 is 4.53. The van der Waals surface area contributed by atoms with E-state index in [9.17, 15) is 29.9 Å². The Morgan fingerprint density at radius 2 is 2.05 bits per heavy atom. The first-order chi connectivity index (χ1) is 10.3. The summed E-state index contributed by atoms with van der Waals surface area (Å²) in [5, 5.41) is 30.5. The van der Waals surface area contributed by atoms with Crippen molar-refractivity contribution in [1.82, 2.24) is 0 Å². The van der Waals surface area contributed by atoms with Crippen molar-refractivity contribution >= 4 is 28.5 Å². The number of non-ortho nitro benzene ring substituents is 1. The maximum atomic E-state index is 11.7. The second kappa shape index (κ2) is 7.87. The van der Waals surface area contributed by atoms with E-state index < -0.39 is 23.1 Å². The number of nitro groups is 1. The minimum atomic E-state index is -1.48. The summed E-state index contributed by atoms with van der Waals surface area (Å²) in [6.07, 6.45) is -2.81. The Kier molecular flexibility index (Phi) is 6.47. The van der Waals surface area contributed by atoms with Crippen LogP contribution in [0.25, 0.3) is 0 Å². The summed E-state index contributed by atoms with van der Waals surface area (Å²) in [4.78, 5) is 32.6. The molecule has 0 radical (unpaired) electrons. The van der Waals surface area contributed by atoms with Gasteiger partial charge in [-0.05, 0) is 11.6 Å². The number of aliphatic hydroxyl groups excluding tert-OH is 2. The van der Waals surface area contributed by atoms with Crippen LogP contribution in [0.1, 0.15) is 28.9 Å². The summed E-state index contributed by atoms with van der Waals surface area (Å²) in [6.45, 7) is 1.32. The van der Waals surface area contributed by atoms with E-state index in [0.717, 1.165) is 31.0 Å². The molecule has 1 aromatic carbocycles. The van der Waals surface area contributed by atoms with Crippen molar-refractivity contribution in [1.29, 1.82) is 0 Å². The fourth-order valence-electron chi connectivity index (χ4n) is 1.70. The summed E-state index contributed by atoms with van der Waals surface area (Å²) >= 11 is 0.817. The third-order valence-electron chi connectivity index (χ3n) is 2.79. The number of benzene rings is 1. The van der Waals surface area contributed by atoms with E-state index in [-0.39, 0.29) is 27.7 Å². The maximum absolute atomic E-state index is 11.7. The lowest BCUT2D eigenvalue weighted by Crippen LogP contribution is -2.23. The van der Waals surface area contributed by atoms with Gasteiger partial charge in [0.15, 0.2) is 5.12 Å². The van der Waals surface area contributed by atoms with Crippen LogP contribution in [-0.4, -0.2) is 45.2 Å². The van der Waals surface area contributed by atoms with Crippen molar-refractivity contribution in [3.63, 3.8) is 0 Å². The zero-order valence-corrected chi connectivity index (χ0v) is 12.7. The average Bonchev–Trinajstić information content (AvgIpc) is 2.50. The van der Waals surface area contributed by atoms with E-state index >= 15 is 0 Å². The highest BCUT2D eigenvalue weighted by molar-refractivity contribution is 8.13. The van der Waals surface area contributed by atoms with Gasteiger partial charge >= 0.3 is 5.97 Å². The number of aliphatic hydroxyl groups is 2. The summed E-state index contributed by atoms with van der Waals surface area (Å²) in [5.74, 6) is -0.946. The van der Waals surface area contributed by atoms with Gasteiger partial charge in [-0.25, -0.2) is 4.79 Å². The number of hydrogen-bond acceptors (Lipinski definition) is 8. The number of rotatable bonds is 6. The molecule has 0 heterocycles. The summed E-state index contributed by atoms with van der Waals surface area (Å²) in [5.41, 5.74) is -0.561. The smallest absolute Gasteiger partial charge is 0.338 e. The number of nitro benzene ring substituents is 1. The van der Waals surface area contributed by atoms with E-state index in [4.69, 9.17) is 0 Å². The lowest BCUT2D eigenvalue weighted by Gasteiger charge is -2.19. The topological polar surface area (TPSA) is 127 Å². The fourth-order valence-corrected chi connectivity index (χ4v) is 2.29. The van der Waals surface area contributed by atoms with Gasteiger partial charge in [-0.1, -0.05) is 11.8 Å². The largest absolute Gasteiger partial charge is 0.465 e. The van der Waals surface area contributed by atoms with Crippen molar-refractivity contribution in [3.8, 4) is 0 Å². The van der Waals surface area contributed by atoms with Gasteiger partial charge in [0.1, 0.15) is 6.10 Å². The van der Waals surface area contributed by atoms with Crippen LogP contribution < -0.4 is 0 Å². The number of carbonyl (C=O) groups is 2. The Bertz CT molecular complexity index is 590. The molecule has 0 bridgehead atoms. The Labute approximate surface area is 130 Å². The van der Waals surface area contributed by atoms with E-state index in [1.165, 1.54) is 13.0 Å². The van der Waals surface area contributed by atoms with Crippen LogP contribution in [0.4, 0.5) is 5.69 Å².